The van der Waals surface area contributed by atoms with Gasteiger partial charge in [0.2, 0.25) is 0 Å². The highest BCUT2D eigenvalue weighted by Crippen LogP contribution is 2.18. The van der Waals surface area contributed by atoms with Crippen molar-refractivity contribution in [2.75, 3.05) is 0 Å². The molecule has 90 valence electrons. The highest BCUT2D eigenvalue weighted by atomic mass is 19.1. The van der Waals surface area contributed by atoms with Gasteiger partial charge in [0.05, 0.1) is 0 Å². The Morgan fingerprint density at radius 2 is 2.06 bits per heavy atom. The van der Waals surface area contributed by atoms with E-state index in [0.29, 0.717) is 0 Å². The van der Waals surface area contributed by atoms with Crippen LogP contribution in [0.25, 0.3) is 0 Å². The topological polar surface area (TPSA) is 26.0 Å². The SMILES string of the molecule is CCCCCC(C)(N)Cc1cccc(F)c1. The molecule has 0 fully saturated rings. The Kier molecular flexibility index (Phi) is 4.94. The molecule has 1 rings (SSSR count). The first-order valence-corrected chi connectivity index (χ1v) is 6.07. The Bertz CT molecular complexity index is 320. The third kappa shape index (κ3) is 4.75. The summed E-state index contributed by atoms with van der Waals surface area (Å²) in [7, 11) is 0. The molecule has 0 bridgehead atoms. The Balaban J connectivity index is 2.51. The molecule has 2 heteroatoms. The van der Waals surface area contributed by atoms with Crippen LogP contribution in [0, 0.1) is 5.82 Å². The summed E-state index contributed by atoms with van der Waals surface area (Å²) in [5.41, 5.74) is 6.99. The van der Waals surface area contributed by atoms with E-state index in [1.807, 2.05) is 13.0 Å². The maximum atomic E-state index is 13.0. The van der Waals surface area contributed by atoms with Gasteiger partial charge in [-0.25, -0.2) is 4.39 Å². The van der Waals surface area contributed by atoms with Crippen molar-refractivity contribution in [3.05, 3.63) is 35.6 Å². The Morgan fingerprint density at radius 3 is 2.69 bits per heavy atom. The number of halogens is 1. The molecule has 1 unspecified atom stereocenters. The van der Waals surface area contributed by atoms with Crippen LogP contribution >= 0.6 is 0 Å². The second-order valence-corrected chi connectivity index (χ2v) is 4.92. The molecular formula is C14H22FN. The van der Waals surface area contributed by atoms with E-state index < -0.39 is 0 Å². The van der Waals surface area contributed by atoms with Crippen molar-refractivity contribution in [3.8, 4) is 0 Å². The smallest absolute Gasteiger partial charge is 0.123 e. The molecule has 0 aliphatic heterocycles. The largest absolute Gasteiger partial charge is 0.325 e. The first-order chi connectivity index (χ1) is 7.53. The fraction of sp³-hybridized carbons (Fsp3) is 0.571. The van der Waals surface area contributed by atoms with Gasteiger partial charge in [0, 0.05) is 5.54 Å². The molecule has 0 amide bonds. The maximum Gasteiger partial charge on any atom is 0.123 e. The van der Waals surface area contributed by atoms with Gasteiger partial charge in [0.25, 0.3) is 0 Å². The average molecular weight is 223 g/mol. The van der Waals surface area contributed by atoms with E-state index in [1.165, 1.54) is 18.9 Å². The lowest BCUT2D eigenvalue weighted by molar-refractivity contribution is 0.408. The highest BCUT2D eigenvalue weighted by molar-refractivity contribution is 5.18. The zero-order valence-corrected chi connectivity index (χ0v) is 10.3. The van der Waals surface area contributed by atoms with E-state index in [0.717, 1.165) is 24.8 Å². The monoisotopic (exact) mass is 223 g/mol. The van der Waals surface area contributed by atoms with Crippen LogP contribution in [-0.2, 0) is 6.42 Å². The van der Waals surface area contributed by atoms with E-state index in [-0.39, 0.29) is 11.4 Å². The van der Waals surface area contributed by atoms with Crippen LogP contribution in [0.4, 0.5) is 4.39 Å². The minimum Gasteiger partial charge on any atom is -0.325 e. The summed E-state index contributed by atoms with van der Waals surface area (Å²) in [6.07, 6.45) is 5.32. The van der Waals surface area contributed by atoms with Crippen LogP contribution in [-0.4, -0.2) is 5.54 Å². The predicted octanol–water partition coefficient (Wildman–Crippen LogP) is 3.67. The average Bonchev–Trinajstić information content (AvgIpc) is 2.17. The first-order valence-electron chi connectivity index (χ1n) is 6.07. The summed E-state index contributed by atoms with van der Waals surface area (Å²) >= 11 is 0. The molecule has 0 spiro atoms. The minimum atomic E-state index is -0.219. The number of benzene rings is 1. The second kappa shape index (κ2) is 6.00. The van der Waals surface area contributed by atoms with Gasteiger partial charge in [-0.3, -0.25) is 0 Å². The molecule has 0 aliphatic carbocycles. The molecule has 0 heterocycles. The van der Waals surface area contributed by atoms with Crippen LogP contribution in [0.5, 0.6) is 0 Å². The van der Waals surface area contributed by atoms with Crippen molar-refractivity contribution in [2.24, 2.45) is 5.73 Å². The Morgan fingerprint density at radius 1 is 1.31 bits per heavy atom. The van der Waals surface area contributed by atoms with Crippen LogP contribution in [0.15, 0.2) is 24.3 Å². The number of hydrogen-bond donors (Lipinski definition) is 1. The first kappa shape index (κ1) is 13.2. The van der Waals surface area contributed by atoms with E-state index in [2.05, 4.69) is 6.92 Å². The highest BCUT2D eigenvalue weighted by Gasteiger charge is 2.18. The van der Waals surface area contributed by atoms with Gasteiger partial charge in [0.15, 0.2) is 0 Å². The minimum absolute atomic E-state index is 0.179. The fourth-order valence-corrected chi connectivity index (χ4v) is 1.98. The van der Waals surface area contributed by atoms with Crippen molar-refractivity contribution in [2.45, 2.75) is 51.5 Å². The van der Waals surface area contributed by atoms with Gasteiger partial charge in [0.1, 0.15) is 5.82 Å². The molecule has 0 aromatic heterocycles. The van der Waals surface area contributed by atoms with Gasteiger partial charge in [-0.2, -0.15) is 0 Å². The number of rotatable bonds is 6. The van der Waals surface area contributed by atoms with Crippen molar-refractivity contribution in [1.29, 1.82) is 0 Å². The molecular weight excluding hydrogens is 201 g/mol. The van der Waals surface area contributed by atoms with E-state index in [1.54, 1.807) is 12.1 Å². The molecule has 0 aliphatic rings. The van der Waals surface area contributed by atoms with Gasteiger partial charge in [-0.1, -0.05) is 38.3 Å². The third-order valence-electron chi connectivity index (χ3n) is 2.85. The Hall–Kier alpha value is -0.890. The number of hydrogen-bond acceptors (Lipinski definition) is 1. The molecule has 16 heavy (non-hydrogen) atoms. The normalized spacial score (nSPS) is 14.8. The zero-order valence-electron chi connectivity index (χ0n) is 10.3. The molecule has 1 nitrogen and oxygen atoms in total. The molecule has 0 saturated heterocycles. The second-order valence-electron chi connectivity index (χ2n) is 4.92. The van der Waals surface area contributed by atoms with Crippen molar-refractivity contribution in [3.63, 3.8) is 0 Å². The quantitative estimate of drug-likeness (QED) is 0.732. The van der Waals surface area contributed by atoms with Crippen LogP contribution < -0.4 is 5.73 Å². The zero-order chi connectivity index (χ0) is 12.0. The predicted molar refractivity (Wildman–Crippen MR) is 66.8 cm³/mol. The lowest BCUT2D eigenvalue weighted by Crippen LogP contribution is -2.38. The van der Waals surface area contributed by atoms with Crippen molar-refractivity contribution < 1.29 is 4.39 Å². The standard InChI is InChI=1S/C14H22FN/c1-3-4-5-9-14(2,16)11-12-7-6-8-13(15)10-12/h6-8,10H,3-5,9,11,16H2,1-2H3. The summed E-state index contributed by atoms with van der Waals surface area (Å²) in [6, 6.07) is 6.72. The molecule has 0 radical (unpaired) electrons. The summed E-state index contributed by atoms with van der Waals surface area (Å²) in [5.74, 6) is -0.179. The fourth-order valence-electron chi connectivity index (χ4n) is 1.98. The number of nitrogens with two attached hydrogens (primary N) is 1. The third-order valence-corrected chi connectivity index (χ3v) is 2.85. The maximum absolute atomic E-state index is 13.0. The van der Waals surface area contributed by atoms with Crippen LogP contribution in [0.3, 0.4) is 0 Å². The summed E-state index contributed by atoms with van der Waals surface area (Å²) in [4.78, 5) is 0. The summed E-state index contributed by atoms with van der Waals surface area (Å²) in [5, 5.41) is 0. The Labute approximate surface area is 97.9 Å². The molecule has 0 saturated carbocycles. The molecule has 2 N–H and O–H groups in total. The van der Waals surface area contributed by atoms with E-state index in [9.17, 15) is 4.39 Å². The van der Waals surface area contributed by atoms with Crippen LogP contribution in [0.2, 0.25) is 0 Å². The molecule has 1 aromatic rings. The van der Waals surface area contributed by atoms with Crippen molar-refractivity contribution in [1.82, 2.24) is 0 Å². The molecule has 1 atom stereocenters. The van der Waals surface area contributed by atoms with E-state index >= 15 is 0 Å². The summed E-state index contributed by atoms with van der Waals surface area (Å²) in [6.45, 7) is 4.23. The van der Waals surface area contributed by atoms with E-state index in [4.69, 9.17) is 5.73 Å². The lowest BCUT2D eigenvalue weighted by Gasteiger charge is -2.24. The molecule has 1 aromatic carbocycles. The number of unbranched alkanes of at least 4 members (excludes halogenated alkanes) is 2. The van der Waals surface area contributed by atoms with Gasteiger partial charge < -0.3 is 5.73 Å². The van der Waals surface area contributed by atoms with Gasteiger partial charge >= 0.3 is 0 Å². The van der Waals surface area contributed by atoms with Gasteiger partial charge in [-0.05, 0) is 37.5 Å². The lowest BCUT2D eigenvalue weighted by atomic mass is 9.88. The van der Waals surface area contributed by atoms with Crippen LogP contribution in [0.1, 0.15) is 45.1 Å². The summed E-state index contributed by atoms with van der Waals surface area (Å²) < 4.78 is 13.0. The van der Waals surface area contributed by atoms with Crippen molar-refractivity contribution >= 4 is 0 Å². The van der Waals surface area contributed by atoms with Gasteiger partial charge in [-0.15, -0.1) is 0 Å².